The summed E-state index contributed by atoms with van der Waals surface area (Å²) in [6, 6.07) is 3.57. The van der Waals surface area contributed by atoms with E-state index in [4.69, 9.17) is 13.6 Å². The number of aromatic nitrogens is 1. The molecule has 0 unspecified atom stereocenters. The van der Waals surface area contributed by atoms with Gasteiger partial charge in [0.25, 0.3) is 0 Å². The number of nitrogens with zero attached hydrogens (tertiary/aromatic N) is 1. The van der Waals surface area contributed by atoms with Crippen molar-refractivity contribution >= 4 is 0 Å². The molecular formula is C8H7NO3. The maximum absolute atomic E-state index is 5.15. The molecule has 0 aliphatic carbocycles. The first-order valence-corrected chi connectivity index (χ1v) is 3.44. The normalized spacial score (nSPS) is 10.1. The smallest absolute Gasteiger partial charge is 0.393 e. The Morgan fingerprint density at radius 1 is 1.42 bits per heavy atom. The maximum Gasteiger partial charge on any atom is 0.393 e. The Balaban J connectivity index is 2.35. The van der Waals surface area contributed by atoms with Crippen molar-refractivity contribution in [2.24, 2.45) is 0 Å². The van der Waals surface area contributed by atoms with Crippen LogP contribution in [0.5, 0.6) is 6.08 Å². The van der Waals surface area contributed by atoms with Gasteiger partial charge in [0.1, 0.15) is 0 Å². The summed E-state index contributed by atoms with van der Waals surface area (Å²) < 4.78 is 15.0. The summed E-state index contributed by atoms with van der Waals surface area (Å²) in [4.78, 5) is 3.84. The zero-order valence-corrected chi connectivity index (χ0v) is 6.48. The van der Waals surface area contributed by atoms with Gasteiger partial charge in [-0.1, -0.05) is 0 Å². The lowest BCUT2D eigenvalue weighted by Gasteiger charge is -1.88. The Hall–Kier alpha value is -1.71. The molecule has 4 heteroatoms. The van der Waals surface area contributed by atoms with Gasteiger partial charge in [0, 0.05) is 0 Å². The minimum atomic E-state index is 0.237. The van der Waals surface area contributed by atoms with E-state index in [1.54, 1.807) is 24.6 Å². The zero-order valence-electron chi connectivity index (χ0n) is 6.48. The first kappa shape index (κ1) is 6.97. The maximum atomic E-state index is 5.15. The number of rotatable bonds is 2. The van der Waals surface area contributed by atoms with E-state index in [1.165, 1.54) is 7.11 Å². The Morgan fingerprint density at radius 3 is 2.92 bits per heavy atom. The quantitative estimate of drug-likeness (QED) is 0.682. The third kappa shape index (κ3) is 1.07. The second-order valence-corrected chi connectivity index (χ2v) is 2.17. The lowest BCUT2D eigenvalue weighted by molar-refractivity contribution is 0.291. The molecule has 2 heterocycles. The molecule has 0 amide bonds. The van der Waals surface area contributed by atoms with Crippen LogP contribution in [0, 0.1) is 0 Å². The van der Waals surface area contributed by atoms with E-state index in [0.29, 0.717) is 11.5 Å². The molecule has 0 aliphatic rings. The molecule has 0 saturated heterocycles. The molecular weight excluding hydrogens is 158 g/mol. The lowest BCUT2D eigenvalue weighted by Crippen LogP contribution is -1.78. The van der Waals surface area contributed by atoms with Crippen LogP contribution >= 0.6 is 0 Å². The molecule has 0 N–H and O–H groups in total. The minimum absolute atomic E-state index is 0.237. The highest BCUT2D eigenvalue weighted by molar-refractivity contribution is 5.47. The van der Waals surface area contributed by atoms with Crippen LogP contribution in [0.25, 0.3) is 11.5 Å². The Bertz CT molecular complexity index is 350. The van der Waals surface area contributed by atoms with Crippen LogP contribution in [0.3, 0.4) is 0 Å². The first-order chi connectivity index (χ1) is 5.90. The summed E-state index contributed by atoms with van der Waals surface area (Å²) in [5, 5.41) is 0. The average molecular weight is 165 g/mol. The highest BCUT2D eigenvalue weighted by atomic mass is 16.6. The van der Waals surface area contributed by atoms with E-state index in [-0.39, 0.29) is 6.08 Å². The molecule has 4 nitrogen and oxygen atoms in total. The van der Waals surface area contributed by atoms with Crippen molar-refractivity contribution in [2.45, 2.75) is 0 Å². The second-order valence-electron chi connectivity index (χ2n) is 2.17. The van der Waals surface area contributed by atoms with Crippen LogP contribution in [0.4, 0.5) is 0 Å². The van der Waals surface area contributed by atoms with Crippen molar-refractivity contribution in [3.8, 4) is 17.6 Å². The van der Waals surface area contributed by atoms with Crippen molar-refractivity contribution in [3.05, 3.63) is 24.6 Å². The Labute approximate surface area is 68.8 Å². The molecule has 0 bridgehead atoms. The predicted molar refractivity (Wildman–Crippen MR) is 40.8 cm³/mol. The lowest BCUT2D eigenvalue weighted by atomic mass is 10.4. The number of hydrogen-bond donors (Lipinski definition) is 0. The number of furan rings is 1. The van der Waals surface area contributed by atoms with Crippen molar-refractivity contribution in [2.75, 3.05) is 7.11 Å². The average Bonchev–Trinajstić information content (AvgIpc) is 2.75. The van der Waals surface area contributed by atoms with Crippen LogP contribution in [-0.4, -0.2) is 12.1 Å². The molecule has 2 rings (SSSR count). The van der Waals surface area contributed by atoms with Crippen LogP contribution < -0.4 is 4.74 Å². The fourth-order valence-electron chi connectivity index (χ4n) is 0.885. The van der Waals surface area contributed by atoms with E-state index in [1.807, 2.05) is 0 Å². The molecule has 0 aromatic carbocycles. The molecule has 12 heavy (non-hydrogen) atoms. The van der Waals surface area contributed by atoms with E-state index in [2.05, 4.69) is 4.98 Å². The second kappa shape index (κ2) is 2.73. The van der Waals surface area contributed by atoms with E-state index < -0.39 is 0 Å². The van der Waals surface area contributed by atoms with Gasteiger partial charge >= 0.3 is 6.08 Å². The molecule has 0 atom stereocenters. The molecule has 2 aromatic heterocycles. The van der Waals surface area contributed by atoms with Crippen LogP contribution in [0.2, 0.25) is 0 Å². The largest absolute Gasteiger partial charge is 0.461 e. The van der Waals surface area contributed by atoms with E-state index >= 15 is 0 Å². The van der Waals surface area contributed by atoms with Gasteiger partial charge < -0.3 is 13.6 Å². The van der Waals surface area contributed by atoms with Gasteiger partial charge in [-0.05, 0) is 12.1 Å². The Morgan fingerprint density at radius 2 is 2.33 bits per heavy atom. The molecule has 0 fully saturated rings. The first-order valence-electron chi connectivity index (χ1n) is 3.44. The van der Waals surface area contributed by atoms with Gasteiger partial charge in [-0.15, -0.1) is 0 Å². The van der Waals surface area contributed by atoms with Gasteiger partial charge in [-0.3, -0.25) is 0 Å². The summed E-state index contributed by atoms with van der Waals surface area (Å²) in [5.74, 6) is 1.21. The fourth-order valence-corrected chi connectivity index (χ4v) is 0.885. The Kier molecular flexibility index (Phi) is 1.59. The van der Waals surface area contributed by atoms with E-state index in [9.17, 15) is 0 Å². The molecule has 0 saturated carbocycles. The van der Waals surface area contributed by atoms with Gasteiger partial charge in [-0.25, -0.2) is 0 Å². The number of oxazole rings is 1. The third-order valence-electron chi connectivity index (χ3n) is 1.42. The molecule has 0 spiro atoms. The van der Waals surface area contributed by atoms with Gasteiger partial charge in [0.15, 0.2) is 11.5 Å². The monoisotopic (exact) mass is 165 g/mol. The molecule has 2 aromatic rings. The van der Waals surface area contributed by atoms with Crippen LogP contribution in [0.15, 0.2) is 33.4 Å². The topological polar surface area (TPSA) is 48.4 Å². The third-order valence-corrected chi connectivity index (χ3v) is 1.42. The van der Waals surface area contributed by atoms with Gasteiger partial charge in [0.05, 0.1) is 19.6 Å². The molecule has 0 radical (unpaired) electrons. The summed E-state index contributed by atoms with van der Waals surface area (Å²) in [7, 11) is 1.50. The zero-order chi connectivity index (χ0) is 8.39. The van der Waals surface area contributed by atoms with Gasteiger partial charge in [-0.2, -0.15) is 4.98 Å². The van der Waals surface area contributed by atoms with Gasteiger partial charge in [0.2, 0.25) is 0 Å². The number of hydrogen-bond acceptors (Lipinski definition) is 4. The summed E-state index contributed by atoms with van der Waals surface area (Å²) in [6.07, 6.45) is 3.36. The van der Waals surface area contributed by atoms with E-state index in [0.717, 1.165) is 0 Å². The predicted octanol–water partition coefficient (Wildman–Crippen LogP) is 1.94. The fraction of sp³-hybridized carbons (Fsp3) is 0.125. The van der Waals surface area contributed by atoms with Crippen LogP contribution in [0.1, 0.15) is 0 Å². The van der Waals surface area contributed by atoms with Crippen molar-refractivity contribution in [3.63, 3.8) is 0 Å². The highest BCUT2D eigenvalue weighted by Gasteiger charge is 2.07. The molecule has 0 aliphatic heterocycles. The standard InChI is InChI=1S/C8H7NO3/c1-10-8-9-5-7(12-8)6-3-2-4-11-6/h2-5H,1H3. The summed E-state index contributed by atoms with van der Waals surface area (Å²) in [6.45, 7) is 0. The summed E-state index contributed by atoms with van der Waals surface area (Å²) >= 11 is 0. The SMILES string of the molecule is COc1ncc(-c2ccco2)o1. The number of methoxy groups -OCH3 is 1. The number of ether oxygens (including phenoxy) is 1. The van der Waals surface area contributed by atoms with Crippen molar-refractivity contribution < 1.29 is 13.6 Å². The summed E-state index contributed by atoms with van der Waals surface area (Å²) in [5.41, 5.74) is 0. The molecule has 62 valence electrons. The van der Waals surface area contributed by atoms with Crippen LogP contribution in [-0.2, 0) is 0 Å². The minimum Gasteiger partial charge on any atom is -0.461 e. The highest BCUT2D eigenvalue weighted by Crippen LogP contribution is 2.23. The van der Waals surface area contributed by atoms with Crippen molar-refractivity contribution in [1.29, 1.82) is 0 Å². The van der Waals surface area contributed by atoms with Crippen molar-refractivity contribution in [1.82, 2.24) is 4.98 Å².